The Bertz CT molecular complexity index is 1110. The molecule has 0 aliphatic heterocycles. The number of nitro benzene ring substituents is 1. The number of amides is 2. The summed E-state index contributed by atoms with van der Waals surface area (Å²) in [7, 11) is 0. The number of nitrogens with one attached hydrogen (secondary N) is 2. The molecule has 3 aromatic rings. The van der Waals surface area contributed by atoms with E-state index in [0.717, 1.165) is 11.1 Å². The van der Waals surface area contributed by atoms with Crippen LogP contribution in [0.2, 0.25) is 0 Å². The highest BCUT2D eigenvalue weighted by molar-refractivity contribution is 6.05. The van der Waals surface area contributed by atoms with Gasteiger partial charge in [0.15, 0.2) is 0 Å². The van der Waals surface area contributed by atoms with Gasteiger partial charge in [-0.2, -0.15) is 0 Å². The molecule has 3 rings (SSSR count). The summed E-state index contributed by atoms with van der Waals surface area (Å²) in [5.41, 5.74) is 2.69. The number of nitro groups is 1. The second kappa shape index (κ2) is 9.93. The molecular formula is C23H20N4O4. The van der Waals surface area contributed by atoms with Crippen molar-refractivity contribution < 1.29 is 14.5 Å². The fraction of sp³-hybridized carbons (Fsp3) is 0.0870. The number of carbonyl (C=O) groups excluding carboxylic acids is 2. The number of non-ortho nitro benzene ring substituents is 1. The van der Waals surface area contributed by atoms with Gasteiger partial charge >= 0.3 is 0 Å². The Morgan fingerprint density at radius 3 is 2.39 bits per heavy atom. The van der Waals surface area contributed by atoms with Crippen molar-refractivity contribution in [2.24, 2.45) is 0 Å². The molecule has 0 saturated heterocycles. The molecule has 0 bridgehead atoms. The molecule has 8 heteroatoms. The third kappa shape index (κ3) is 6.07. The van der Waals surface area contributed by atoms with Crippen LogP contribution >= 0.6 is 0 Å². The molecule has 8 nitrogen and oxygen atoms in total. The molecule has 0 fully saturated rings. The van der Waals surface area contributed by atoms with Gasteiger partial charge in [0, 0.05) is 36.6 Å². The summed E-state index contributed by atoms with van der Waals surface area (Å²) >= 11 is 0. The molecule has 2 amide bonds. The van der Waals surface area contributed by atoms with Crippen LogP contribution in [-0.2, 0) is 11.3 Å². The van der Waals surface area contributed by atoms with E-state index in [1.54, 1.807) is 42.7 Å². The molecular weight excluding hydrogens is 396 g/mol. The quantitative estimate of drug-likeness (QED) is 0.348. The molecule has 2 aromatic carbocycles. The van der Waals surface area contributed by atoms with Crippen LogP contribution in [0.1, 0.15) is 27.0 Å². The van der Waals surface area contributed by atoms with Crippen molar-refractivity contribution in [1.82, 2.24) is 15.6 Å². The summed E-state index contributed by atoms with van der Waals surface area (Å²) < 4.78 is 0. The molecule has 0 aliphatic rings. The van der Waals surface area contributed by atoms with Crippen LogP contribution in [0.3, 0.4) is 0 Å². The molecule has 2 N–H and O–H groups in total. The van der Waals surface area contributed by atoms with Crippen LogP contribution in [0.4, 0.5) is 5.69 Å². The van der Waals surface area contributed by atoms with Crippen LogP contribution in [0, 0.1) is 17.0 Å². The first-order valence-corrected chi connectivity index (χ1v) is 9.43. The summed E-state index contributed by atoms with van der Waals surface area (Å²) in [6, 6.07) is 16.2. The van der Waals surface area contributed by atoms with E-state index in [1.165, 1.54) is 30.3 Å². The highest BCUT2D eigenvalue weighted by atomic mass is 16.6. The standard InChI is InChI=1S/C23H20N4O4/c1-16-4-8-19(9-5-16)22(28)26-21(13-17-6-10-20(11-7-17)27(30)31)23(29)25-15-18-3-2-12-24-14-18/h2-14H,15H2,1H3,(H,25,29)(H,26,28). The number of hydrogen-bond donors (Lipinski definition) is 2. The van der Waals surface area contributed by atoms with E-state index in [0.29, 0.717) is 11.1 Å². The second-order valence-electron chi connectivity index (χ2n) is 6.77. The van der Waals surface area contributed by atoms with Crippen molar-refractivity contribution in [3.63, 3.8) is 0 Å². The fourth-order valence-corrected chi connectivity index (χ4v) is 2.70. The molecule has 31 heavy (non-hydrogen) atoms. The molecule has 0 spiro atoms. The number of benzene rings is 2. The van der Waals surface area contributed by atoms with Crippen LogP contribution in [-0.4, -0.2) is 21.7 Å². The number of nitrogens with zero attached hydrogens (tertiary/aromatic N) is 2. The third-order valence-electron chi connectivity index (χ3n) is 4.40. The fourth-order valence-electron chi connectivity index (χ4n) is 2.70. The Morgan fingerprint density at radius 1 is 1.06 bits per heavy atom. The largest absolute Gasteiger partial charge is 0.347 e. The molecule has 1 heterocycles. The van der Waals surface area contributed by atoms with E-state index in [4.69, 9.17) is 0 Å². The Kier molecular flexibility index (Phi) is 6.85. The number of rotatable bonds is 7. The normalized spacial score (nSPS) is 10.9. The van der Waals surface area contributed by atoms with Crippen molar-refractivity contribution in [2.45, 2.75) is 13.5 Å². The van der Waals surface area contributed by atoms with E-state index in [9.17, 15) is 19.7 Å². The summed E-state index contributed by atoms with van der Waals surface area (Å²) in [5, 5.41) is 16.2. The lowest BCUT2D eigenvalue weighted by Crippen LogP contribution is -2.34. The van der Waals surface area contributed by atoms with Crippen molar-refractivity contribution in [2.75, 3.05) is 0 Å². The average Bonchev–Trinajstić information content (AvgIpc) is 2.78. The van der Waals surface area contributed by atoms with Gasteiger partial charge in [-0.3, -0.25) is 24.7 Å². The molecule has 0 aliphatic carbocycles. The van der Waals surface area contributed by atoms with Crippen LogP contribution in [0.25, 0.3) is 6.08 Å². The lowest BCUT2D eigenvalue weighted by atomic mass is 10.1. The number of aryl methyl sites for hydroxylation is 1. The zero-order valence-corrected chi connectivity index (χ0v) is 16.7. The first-order valence-electron chi connectivity index (χ1n) is 9.43. The Labute approximate surface area is 178 Å². The van der Waals surface area contributed by atoms with Crippen molar-refractivity contribution in [3.05, 3.63) is 111 Å². The Balaban J connectivity index is 1.82. The van der Waals surface area contributed by atoms with Gasteiger partial charge in [-0.15, -0.1) is 0 Å². The maximum absolute atomic E-state index is 12.8. The SMILES string of the molecule is Cc1ccc(C(=O)NC(=Cc2ccc([N+](=O)[O-])cc2)C(=O)NCc2cccnc2)cc1. The van der Waals surface area contributed by atoms with E-state index in [1.807, 2.05) is 13.0 Å². The van der Waals surface area contributed by atoms with E-state index in [2.05, 4.69) is 15.6 Å². The van der Waals surface area contributed by atoms with Gasteiger partial charge < -0.3 is 10.6 Å². The zero-order valence-electron chi connectivity index (χ0n) is 16.7. The molecule has 1 aromatic heterocycles. The molecule has 156 valence electrons. The van der Waals surface area contributed by atoms with E-state index < -0.39 is 16.7 Å². The van der Waals surface area contributed by atoms with Gasteiger partial charge in [0.05, 0.1) is 4.92 Å². The predicted octanol–water partition coefficient (Wildman–Crippen LogP) is 3.39. The maximum Gasteiger partial charge on any atom is 0.269 e. The van der Waals surface area contributed by atoms with Gasteiger partial charge in [-0.25, -0.2) is 0 Å². The van der Waals surface area contributed by atoms with Crippen molar-refractivity contribution in [1.29, 1.82) is 0 Å². The van der Waals surface area contributed by atoms with Crippen LogP contribution in [0.15, 0.2) is 78.8 Å². The molecule has 0 saturated carbocycles. The predicted molar refractivity (Wildman–Crippen MR) is 116 cm³/mol. The first kappa shape index (κ1) is 21.4. The number of aromatic nitrogens is 1. The van der Waals surface area contributed by atoms with E-state index >= 15 is 0 Å². The summed E-state index contributed by atoms with van der Waals surface area (Å²) in [4.78, 5) is 39.8. The molecule has 0 atom stereocenters. The first-order chi connectivity index (χ1) is 14.9. The topological polar surface area (TPSA) is 114 Å². The van der Waals surface area contributed by atoms with Crippen LogP contribution in [0.5, 0.6) is 0 Å². The Hall–Kier alpha value is -4.33. The second-order valence-corrected chi connectivity index (χ2v) is 6.77. The van der Waals surface area contributed by atoms with Crippen LogP contribution < -0.4 is 10.6 Å². The lowest BCUT2D eigenvalue weighted by molar-refractivity contribution is -0.384. The number of hydrogen-bond acceptors (Lipinski definition) is 5. The summed E-state index contributed by atoms with van der Waals surface area (Å²) in [6.45, 7) is 2.14. The van der Waals surface area contributed by atoms with Gasteiger partial charge in [-0.05, 0) is 54.5 Å². The smallest absolute Gasteiger partial charge is 0.269 e. The van der Waals surface area contributed by atoms with E-state index in [-0.39, 0.29) is 17.9 Å². The number of pyridine rings is 1. The Morgan fingerprint density at radius 2 is 1.77 bits per heavy atom. The van der Waals surface area contributed by atoms with Crippen molar-refractivity contribution in [3.8, 4) is 0 Å². The zero-order chi connectivity index (χ0) is 22.2. The highest BCUT2D eigenvalue weighted by Crippen LogP contribution is 2.14. The minimum absolute atomic E-state index is 0.0170. The van der Waals surface area contributed by atoms with Gasteiger partial charge in [0.2, 0.25) is 0 Å². The minimum atomic E-state index is -0.506. The summed E-state index contributed by atoms with van der Waals surface area (Å²) in [5.74, 6) is -0.938. The van der Waals surface area contributed by atoms with Gasteiger partial charge in [0.25, 0.3) is 17.5 Å². The minimum Gasteiger partial charge on any atom is -0.347 e. The highest BCUT2D eigenvalue weighted by Gasteiger charge is 2.15. The molecule has 0 unspecified atom stereocenters. The number of carbonyl (C=O) groups is 2. The third-order valence-corrected chi connectivity index (χ3v) is 4.40. The molecule has 0 radical (unpaired) electrons. The van der Waals surface area contributed by atoms with Gasteiger partial charge in [0.1, 0.15) is 5.70 Å². The van der Waals surface area contributed by atoms with Gasteiger partial charge in [-0.1, -0.05) is 23.8 Å². The average molecular weight is 416 g/mol. The lowest BCUT2D eigenvalue weighted by Gasteiger charge is -2.11. The summed E-state index contributed by atoms with van der Waals surface area (Å²) in [6.07, 6.45) is 4.73. The maximum atomic E-state index is 12.8. The monoisotopic (exact) mass is 416 g/mol. The van der Waals surface area contributed by atoms with Crippen molar-refractivity contribution >= 4 is 23.6 Å².